The molecule has 2 amide bonds. The number of rotatable bonds is 6. The van der Waals surface area contributed by atoms with E-state index in [1.165, 1.54) is 30.6 Å². The third-order valence-corrected chi connectivity index (χ3v) is 4.33. The molecule has 1 fully saturated rings. The van der Waals surface area contributed by atoms with Gasteiger partial charge < -0.3 is 15.3 Å². The number of nitrogens with one attached hydrogen (secondary N) is 1. The molecule has 1 unspecified atom stereocenters. The van der Waals surface area contributed by atoms with Crippen molar-refractivity contribution in [3.8, 4) is 0 Å². The Hall–Kier alpha value is -1.26. The van der Waals surface area contributed by atoms with Crippen molar-refractivity contribution in [2.75, 3.05) is 7.05 Å². The van der Waals surface area contributed by atoms with Crippen LogP contribution in [0.5, 0.6) is 0 Å². The normalized spacial score (nSPS) is 23.9. The van der Waals surface area contributed by atoms with Gasteiger partial charge in [-0.1, -0.05) is 26.7 Å². The fourth-order valence-corrected chi connectivity index (χ4v) is 3.04. The van der Waals surface area contributed by atoms with Gasteiger partial charge in [-0.15, -0.1) is 0 Å². The number of carboxylic acids is 1. The molecular formula is C15H28N2O3. The van der Waals surface area contributed by atoms with E-state index >= 15 is 0 Å². The second kappa shape index (κ2) is 8.12. The molecule has 5 nitrogen and oxygen atoms in total. The Morgan fingerprint density at radius 1 is 1.25 bits per heavy atom. The second-order valence-corrected chi connectivity index (χ2v) is 5.83. The molecule has 0 aromatic rings. The number of hydrogen-bond donors (Lipinski definition) is 2. The Morgan fingerprint density at radius 2 is 1.85 bits per heavy atom. The molecule has 0 bridgehead atoms. The zero-order valence-corrected chi connectivity index (χ0v) is 12.9. The van der Waals surface area contributed by atoms with Crippen molar-refractivity contribution in [1.82, 2.24) is 10.2 Å². The summed E-state index contributed by atoms with van der Waals surface area (Å²) in [6, 6.07) is -0.811. The van der Waals surface area contributed by atoms with Gasteiger partial charge >= 0.3 is 12.0 Å². The molecule has 0 aromatic heterocycles. The van der Waals surface area contributed by atoms with Crippen molar-refractivity contribution in [3.05, 3.63) is 0 Å². The molecule has 0 spiro atoms. The van der Waals surface area contributed by atoms with Gasteiger partial charge in [0.25, 0.3) is 0 Å². The van der Waals surface area contributed by atoms with Crippen molar-refractivity contribution >= 4 is 12.0 Å². The van der Waals surface area contributed by atoms with Crippen molar-refractivity contribution in [2.45, 2.75) is 70.9 Å². The van der Waals surface area contributed by atoms with Gasteiger partial charge in [0, 0.05) is 13.1 Å². The van der Waals surface area contributed by atoms with E-state index in [-0.39, 0.29) is 12.1 Å². The molecule has 116 valence electrons. The lowest BCUT2D eigenvalue weighted by atomic mass is 9.83. The van der Waals surface area contributed by atoms with E-state index in [1.807, 2.05) is 0 Å². The highest BCUT2D eigenvalue weighted by Crippen LogP contribution is 2.27. The van der Waals surface area contributed by atoms with Crippen molar-refractivity contribution in [1.29, 1.82) is 0 Å². The van der Waals surface area contributed by atoms with Crippen LogP contribution in [0.1, 0.15) is 58.8 Å². The minimum Gasteiger partial charge on any atom is -0.480 e. The Labute approximate surface area is 121 Å². The molecule has 0 heterocycles. The average Bonchev–Trinajstić information content (AvgIpc) is 2.41. The molecule has 1 saturated carbocycles. The number of aliphatic carboxylic acids is 1. The summed E-state index contributed by atoms with van der Waals surface area (Å²) in [6.45, 7) is 3.98. The van der Waals surface area contributed by atoms with Gasteiger partial charge in [-0.25, -0.2) is 9.59 Å². The van der Waals surface area contributed by atoms with Crippen LogP contribution in [0.3, 0.4) is 0 Å². The third kappa shape index (κ3) is 4.69. The summed E-state index contributed by atoms with van der Waals surface area (Å²) >= 11 is 0. The molecule has 0 radical (unpaired) electrons. The smallest absolute Gasteiger partial charge is 0.326 e. The molecular weight excluding hydrogens is 256 g/mol. The highest BCUT2D eigenvalue weighted by Gasteiger charge is 2.27. The van der Waals surface area contributed by atoms with Gasteiger partial charge in [-0.05, 0) is 38.0 Å². The summed E-state index contributed by atoms with van der Waals surface area (Å²) in [4.78, 5) is 24.4. The van der Waals surface area contributed by atoms with Gasteiger partial charge in [-0.2, -0.15) is 0 Å². The number of nitrogens with zero attached hydrogens (tertiary/aromatic N) is 1. The van der Waals surface area contributed by atoms with Crippen LogP contribution >= 0.6 is 0 Å². The van der Waals surface area contributed by atoms with Crippen LogP contribution in [0.25, 0.3) is 0 Å². The second-order valence-electron chi connectivity index (χ2n) is 5.83. The molecule has 0 aromatic carbocycles. The Bertz CT molecular complexity index is 325. The van der Waals surface area contributed by atoms with Gasteiger partial charge in [0.1, 0.15) is 6.04 Å². The number of carbonyl (C=O) groups is 2. The van der Waals surface area contributed by atoms with Crippen LogP contribution in [-0.4, -0.2) is 41.1 Å². The highest BCUT2D eigenvalue weighted by atomic mass is 16.4. The van der Waals surface area contributed by atoms with E-state index in [4.69, 9.17) is 5.11 Å². The lowest BCUT2D eigenvalue weighted by molar-refractivity contribution is -0.141. The minimum absolute atomic E-state index is 0.198. The first kappa shape index (κ1) is 16.8. The monoisotopic (exact) mass is 284 g/mol. The predicted octanol–water partition coefficient (Wildman–Crippen LogP) is 2.85. The van der Waals surface area contributed by atoms with Crippen LogP contribution < -0.4 is 5.32 Å². The van der Waals surface area contributed by atoms with Gasteiger partial charge in [0.15, 0.2) is 0 Å². The Balaban J connectivity index is 2.41. The summed E-state index contributed by atoms with van der Waals surface area (Å²) < 4.78 is 0. The number of carbonyl (C=O) groups excluding carboxylic acids is 1. The zero-order valence-electron chi connectivity index (χ0n) is 12.9. The standard InChI is InChI=1S/C15H28N2O3/c1-4-6-11-7-9-12(10-8-11)16-15(20)17(3)13(5-2)14(18)19/h11-13H,4-10H2,1-3H3,(H,16,20)(H,18,19). The predicted molar refractivity (Wildman–Crippen MR) is 78.7 cm³/mol. The van der Waals surface area contributed by atoms with Crippen molar-refractivity contribution in [3.63, 3.8) is 0 Å². The summed E-state index contributed by atoms with van der Waals surface area (Å²) in [6.07, 6.45) is 7.26. The van der Waals surface area contributed by atoms with E-state index in [1.54, 1.807) is 14.0 Å². The van der Waals surface area contributed by atoms with E-state index in [9.17, 15) is 9.59 Å². The molecule has 1 aliphatic rings. The fraction of sp³-hybridized carbons (Fsp3) is 0.867. The third-order valence-electron chi connectivity index (χ3n) is 4.33. The quantitative estimate of drug-likeness (QED) is 0.788. The number of hydrogen-bond acceptors (Lipinski definition) is 2. The Kier molecular flexibility index (Phi) is 6.82. The summed E-state index contributed by atoms with van der Waals surface area (Å²) in [5.74, 6) is -0.148. The Morgan fingerprint density at radius 3 is 2.30 bits per heavy atom. The lowest BCUT2D eigenvalue weighted by Gasteiger charge is -2.31. The van der Waals surface area contributed by atoms with E-state index < -0.39 is 12.0 Å². The first-order valence-corrected chi connectivity index (χ1v) is 7.75. The first-order chi connectivity index (χ1) is 9.49. The van der Waals surface area contributed by atoms with Crippen LogP contribution in [0.4, 0.5) is 4.79 Å². The summed E-state index contributed by atoms with van der Waals surface area (Å²) in [7, 11) is 1.56. The molecule has 1 aliphatic carbocycles. The molecule has 2 N–H and O–H groups in total. The maximum Gasteiger partial charge on any atom is 0.326 e. The number of carboxylic acid groups (broad SMARTS) is 1. The molecule has 0 aliphatic heterocycles. The topological polar surface area (TPSA) is 69.6 Å². The van der Waals surface area contributed by atoms with E-state index in [0.717, 1.165) is 18.8 Å². The SMILES string of the molecule is CCCC1CCC(NC(=O)N(C)C(CC)C(=O)O)CC1. The maximum absolute atomic E-state index is 12.1. The zero-order chi connectivity index (χ0) is 15.1. The molecule has 1 rings (SSSR count). The highest BCUT2D eigenvalue weighted by molar-refractivity contribution is 5.82. The van der Waals surface area contributed by atoms with Crippen LogP contribution in [0, 0.1) is 5.92 Å². The van der Waals surface area contributed by atoms with E-state index in [2.05, 4.69) is 12.2 Å². The van der Waals surface area contributed by atoms with Crippen molar-refractivity contribution < 1.29 is 14.7 Å². The van der Waals surface area contributed by atoms with Gasteiger partial charge in [-0.3, -0.25) is 0 Å². The lowest BCUT2D eigenvalue weighted by Crippen LogP contribution is -2.50. The summed E-state index contributed by atoms with van der Waals surface area (Å²) in [5, 5.41) is 12.0. The molecule has 0 saturated heterocycles. The van der Waals surface area contributed by atoms with Crippen LogP contribution in [0.15, 0.2) is 0 Å². The summed E-state index contributed by atoms with van der Waals surface area (Å²) in [5.41, 5.74) is 0. The minimum atomic E-state index is -0.947. The van der Waals surface area contributed by atoms with Gasteiger partial charge in [0.05, 0.1) is 0 Å². The van der Waals surface area contributed by atoms with Gasteiger partial charge in [0.2, 0.25) is 0 Å². The van der Waals surface area contributed by atoms with Crippen molar-refractivity contribution in [2.24, 2.45) is 5.92 Å². The maximum atomic E-state index is 12.1. The first-order valence-electron chi connectivity index (χ1n) is 7.75. The van der Waals surface area contributed by atoms with Crippen LogP contribution in [-0.2, 0) is 4.79 Å². The number of amides is 2. The molecule has 1 atom stereocenters. The van der Waals surface area contributed by atoms with E-state index in [0.29, 0.717) is 6.42 Å². The number of urea groups is 1. The molecule has 5 heteroatoms. The van der Waals surface area contributed by atoms with Crippen LogP contribution in [0.2, 0.25) is 0 Å². The average molecular weight is 284 g/mol. The largest absolute Gasteiger partial charge is 0.480 e. The fourth-order valence-electron chi connectivity index (χ4n) is 3.04. The molecule has 20 heavy (non-hydrogen) atoms. The number of likely N-dealkylation sites (N-methyl/N-ethyl adjacent to an activating group) is 1.